The number of rotatable bonds is 8. The molecule has 9 nitrogen and oxygen atoms in total. The summed E-state index contributed by atoms with van der Waals surface area (Å²) in [5.41, 5.74) is 2.45. The number of hydrogen-bond acceptors (Lipinski definition) is 8. The van der Waals surface area contributed by atoms with Gasteiger partial charge in [0.05, 0.1) is 27.0 Å². The average molecular weight is 537 g/mol. The molecule has 0 saturated carbocycles. The van der Waals surface area contributed by atoms with E-state index in [9.17, 15) is 9.59 Å². The summed E-state index contributed by atoms with van der Waals surface area (Å²) in [6.07, 6.45) is 0.188. The normalized spacial score (nSPS) is 15.9. The molecule has 3 aromatic rings. The van der Waals surface area contributed by atoms with Crippen LogP contribution in [0, 0.1) is 0 Å². The molecule has 38 heavy (non-hydrogen) atoms. The molecule has 0 bridgehead atoms. The van der Waals surface area contributed by atoms with Gasteiger partial charge in [0.15, 0.2) is 23.0 Å². The highest BCUT2D eigenvalue weighted by atomic mass is 32.2. The van der Waals surface area contributed by atoms with E-state index in [4.69, 9.17) is 23.7 Å². The van der Waals surface area contributed by atoms with Crippen molar-refractivity contribution in [3.8, 4) is 28.7 Å². The largest absolute Gasteiger partial charge is 0.493 e. The summed E-state index contributed by atoms with van der Waals surface area (Å²) in [7, 11) is 4.67. The Hall–Kier alpha value is -4.05. The highest BCUT2D eigenvalue weighted by molar-refractivity contribution is 7.99. The van der Waals surface area contributed by atoms with Crippen LogP contribution in [-0.4, -0.2) is 46.5 Å². The molecular weight excluding hydrogens is 508 g/mol. The third-order valence-corrected chi connectivity index (χ3v) is 7.70. The first-order chi connectivity index (χ1) is 18.5. The third kappa shape index (κ3) is 5.17. The van der Waals surface area contributed by atoms with Gasteiger partial charge in [0.25, 0.3) is 0 Å². The van der Waals surface area contributed by atoms with Crippen LogP contribution in [-0.2, 0) is 16.1 Å². The summed E-state index contributed by atoms with van der Waals surface area (Å²) in [6, 6.07) is 16.9. The van der Waals surface area contributed by atoms with Crippen molar-refractivity contribution in [3.05, 3.63) is 65.7 Å². The van der Waals surface area contributed by atoms with E-state index in [1.165, 1.54) is 0 Å². The Morgan fingerprint density at radius 3 is 2.47 bits per heavy atom. The molecule has 10 heteroatoms. The van der Waals surface area contributed by atoms with Crippen LogP contribution >= 0.6 is 11.8 Å². The number of nitrogens with one attached hydrogen (secondary N) is 1. The number of benzene rings is 3. The molecule has 0 unspecified atom stereocenters. The number of methoxy groups -OCH3 is 3. The molecule has 2 aliphatic heterocycles. The number of nitrogens with zero attached hydrogens (tertiary/aromatic N) is 1. The van der Waals surface area contributed by atoms with E-state index in [2.05, 4.69) is 5.32 Å². The number of hydrogen-bond donors (Lipinski definition) is 1. The molecule has 3 aromatic carbocycles. The number of anilines is 1. The van der Waals surface area contributed by atoms with Crippen molar-refractivity contribution < 1.29 is 33.3 Å². The minimum absolute atomic E-state index is 0.0943. The summed E-state index contributed by atoms with van der Waals surface area (Å²) >= 11 is 1.57. The molecule has 0 radical (unpaired) electrons. The molecule has 1 atom stereocenters. The minimum Gasteiger partial charge on any atom is -0.493 e. The van der Waals surface area contributed by atoms with E-state index < -0.39 is 0 Å². The smallest absolute Gasteiger partial charge is 0.240 e. The molecule has 2 amide bonds. The van der Waals surface area contributed by atoms with Crippen LogP contribution in [0.3, 0.4) is 0 Å². The first-order valence-corrected chi connectivity index (χ1v) is 12.9. The third-order valence-electron chi connectivity index (χ3n) is 6.37. The number of ether oxygens (including phenoxy) is 5. The Kier molecular flexibility index (Phi) is 7.50. The van der Waals surface area contributed by atoms with Crippen LogP contribution in [0.1, 0.15) is 22.8 Å². The van der Waals surface area contributed by atoms with E-state index in [0.717, 1.165) is 16.0 Å². The van der Waals surface area contributed by atoms with Crippen molar-refractivity contribution >= 4 is 29.3 Å². The lowest BCUT2D eigenvalue weighted by Gasteiger charge is -2.22. The fourth-order valence-corrected chi connectivity index (χ4v) is 5.74. The zero-order chi connectivity index (χ0) is 26.6. The lowest BCUT2D eigenvalue weighted by Crippen LogP contribution is -2.40. The first-order valence-electron chi connectivity index (χ1n) is 12.0. The van der Waals surface area contributed by atoms with Crippen LogP contribution in [0.5, 0.6) is 28.7 Å². The highest BCUT2D eigenvalue weighted by Gasteiger charge is 2.31. The van der Waals surface area contributed by atoms with Crippen molar-refractivity contribution in [1.29, 1.82) is 0 Å². The Labute approximate surface area is 225 Å². The SMILES string of the molecule is COc1cc([C@H]2CC(=O)N(CC(=O)NCc3ccc4c(c3)OCO4)c3ccccc3S2)cc(OC)c1OC. The fraction of sp³-hybridized carbons (Fsp3) is 0.286. The van der Waals surface area contributed by atoms with Crippen molar-refractivity contribution in [3.63, 3.8) is 0 Å². The molecule has 198 valence electrons. The molecule has 1 N–H and O–H groups in total. The quantitative estimate of drug-likeness (QED) is 0.455. The molecule has 0 spiro atoms. The molecule has 0 aromatic heterocycles. The first kappa shape index (κ1) is 25.6. The van der Waals surface area contributed by atoms with Gasteiger partial charge in [-0.25, -0.2) is 0 Å². The Morgan fingerprint density at radius 1 is 1.00 bits per heavy atom. The number of para-hydroxylation sites is 1. The fourth-order valence-electron chi connectivity index (χ4n) is 4.48. The summed E-state index contributed by atoms with van der Waals surface area (Å²) in [5.74, 6) is 2.46. The minimum atomic E-state index is -0.262. The maximum absolute atomic E-state index is 13.5. The summed E-state index contributed by atoms with van der Waals surface area (Å²) < 4.78 is 27.2. The van der Waals surface area contributed by atoms with Crippen LogP contribution in [0.2, 0.25) is 0 Å². The zero-order valence-electron chi connectivity index (χ0n) is 21.3. The van der Waals surface area contributed by atoms with Gasteiger partial charge in [-0.05, 0) is 47.5 Å². The molecular formula is C28H28N2O7S. The lowest BCUT2D eigenvalue weighted by atomic mass is 10.1. The van der Waals surface area contributed by atoms with Crippen LogP contribution in [0.25, 0.3) is 0 Å². The Bertz CT molecular complexity index is 1340. The molecule has 2 heterocycles. The maximum Gasteiger partial charge on any atom is 0.240 e. The molecule has 0 fully saturated rings. The second-order valence-corrected chi connectivity index (χ2v) is 9.93. The van der Waals surface area contributed by atoms with Crippen LogP contribution < -0.4 is 33.9 Å². The Morgan fingerprint density at radius 2 is 1.74 bits per heavy atom. The highest BCUT2D eigenvalue weighted by Crippen LogP contribution is 2.49. The zero-order valence-corrected chi connectivity index (χ0v) is 22.1. The van der Waals surface area contributed by atoms with E-state index in [0.29, 0.717) is 41.0 Å². The van der Waals surface area contributed by atoms with E-state index >= 15 is 0 Å². The van der Waals surface area contributed by atoms with Gasteiger partial charge >= 0.3 is 0 Å². The van der Waals surface area contributed by atoms with Crippen LogP contribution in [0.15, 0.2) is 59.5 Å². The number of carbonyl (C=O) groups is 2. The van der Waals surface area contributed by atoms with E-state index in [1.807, 2.05) is 54.6 Å². The topological polar surface area (TPSA) is 95.6 Å². The van der Waals surface area contributed by atoms with E-state index in [1.54, 1.807) is 38.0 Å². The number of thioether (sulfide) groups is 1. The number of carbonyl (C=O) groups excluding carboxylic acids is 2. The predicted octanol–water partition coefficient (Wildman–Crippen LogP) is 4.33. The summed E-state index contributed by atoms with van der Waals surface area (Å²) in [4.78, 5) is 29.0. The van der Waals surface area contributed by atoms with Crippen molar-refractivity contribution in [2.45, 2.75) is 23.1 Å². The van der Waals surface area contributed by atoms with Gasteiger partial charge in [-0.1, -0.05) is 18.2 Å². The summed E-state index contributed by atoms with van der Waals surface area (Å²) in [5, 5.41) is 2.69. The van der Waals surface area contributed by atoms with Gasteiger partial charge in [-0.15, -0.1) is 11.8 Å². The van der Waals surface area contributed by atoms with Gasteiger partial charge < -0.3 is 33.9 Å². The predicted molar refractivity (Wildman–Crippen MR) is 143 cm³/mol. The molecule has 0 saturated heterocycles. The number of fused-ring (bicyclic) bond motifs is 2. The van der Waals surface area contributed by atoms with Crippen LogP contribution in [0.4, 0.5) is 5.69 Å². The average Bonchev–Trinajstić information content (AvgIpc) is 3.36. The maximum atomic E-state index is 13.5. The van der Waals surface area contributed by atoms with Crippen molar-refractivity contribution in [2.75, 3.05) is 39.6 Å². The van der Waals surface area contributed by atoms with E-state index in [-0.39, 0.29) is 36.8 Å². The van der Waals surface area contributed by atoms with Gasteiger partial charge in [-0.2, -0.15) is 0 Å². The molecule has 0 aliphatic carbocycles. The monoisotopic (exact) mass is 536 g/mol. The Balaban J connectivity index is 1.35. The van der Waals surface area contributed by atoms with Crippen molar-refractivity contribution in [2.24, 2.45) is 0 Å². The lowest BCUT2D eigenvalue weighted by molar-refractivity contribution is -0.124. The van der Waals surface area contributed by atoms with Crippen molar-refractivity contribution in [1.82, 2.24) is 5.32 Å². The standard InChI is InChI=1S/C28H28N2O7S/c1-33-22-11-18(12-23(34-2)28(22)35-3)25-13-27(32)30(19-6-4-5-7-24(19)38-25)15-26(31)29-14-17-8-9-20-21(10-17)37-16-36-20/h4-12,25H,13-16H2,1-3H3,(H,29,31)/t25-/m1/s1. The second kappa shape index (κ2) is 11.1. The van der Waals surface area contributed by atoms with Gasteiger partial charge in [0.2, 0.25) is 24.4 Å². The number of amides is 2. The molecule has 2 aliphatic rings. The molecule has 5 rings (SSSR count). The van der Waals surface area contributed by atoms with Gasteiger partial charge in [0.1, 0.15) is 6.54 Å². The van der Waals surface area contributed by atoms with Gasteiger partial charge in [0, 0.05) is 23.1 Å². The second-order valence-electron chi connectivity index (χ2n) is 8.68. The van der Waals surface area contributed by atoms with Gasteiger partial charge in [-0.3, -0.25) is 9.59 Å². The summed E-state index contributed by atoms with van der Waals surface area (Å²) in [6.45, 7) is 0.404.